The Morgan fingerprint density at radius 3 is 2.52 bits per heavy atom. The molecule has 1 amide bonds. The van der Waals surface area contributed by atoms with Gasteiger partial charge in [0.2, 0.25) is 5.91 Å². The molecule has 10 heteroatoms. The van der Waals surface area contributed by atoms with Crippen molar-refractivity contribution < 1.29 is 4.79 Å². The number of amides is 1. The number of carbonyl (C=O) groups excluding carboxylic acids is 1. The minimum Gasteiger partial charge on any atom is -0.340 e. The summed E-state index contributed by atoms with van der Waals surface area (Å²) in [7, 11) is 0. The highest BCUT2D eigenvalue weighted by molar-refractivity contribution is 7.18. The molecular formula is C19H27Cl2N5O2S. The zero-order valence-corrected chi connectivity index (χ0v) is 18.7. The normalized spacial score (nSPS) is 19.8. The van der Waals surface area contributed by atoms with Crippen molar-refractivity contribution in [2.24, 2.45) is 5.92 Å². The summed E-state index contributed by atoms with van der Waals surface area (Å²) < 4.78 is 0. The lowest BCUT2D eigenvalue weighted by Crippen LogP contribution is -2.56. The molecule has 7 nitrogen and oxygen atoms in total. The number of hydrogen-bond acceptors (Lipinski definition) is 6. The second-order valence-electron chi connectivity index (χ2n) is 7.86. The third-order valence-corrected chi connectivity index (χ3v) is 7.25. The molecule has 0 spiro atoms. The fourth-order valence-corrected chi connectivity index (χ4v) is 5.62. The van der Waals surface area contributed by atoms with Crippen LogP contribution in [0.5, 0.6) is 0 Å². The number of hydrogen-bond donors (Lipinski definition) is 2. The third-order valence-electron chi connectivity index (χ3n) is 6.06. The van der Waals surface area contributed by atoms with E-state index in [2.05, 4.69) is 15.2 Å². The van der Waals surface area contributed by atoms with E-state index in [1.54, 1.807) is 11.3 Å². The van der Waals surface area contributed by atoms with E-state index in [0.717, 1.165) is 68.2 Å². The van der Waals surface area contributed by atoms with Crippen LogP contribution in [-0.2, 0) is 24.2 Å². The maximum Gasteiger partial charge on any atom is 0.259 e. The van der Waals surface area contributed by atoms with Crippen molar-refractivity contribution in [1.29, 1.82) is 0 Å². The quantitative estimate of drug-likeness (QED) is 0.727. The Labute approximate surface area is 186 Å². The molecule has 2 fully saturated rings. The van der Waals surface area contributed by atoms with Crippen LogP contribution in [0.15, 0.2) is 4.79 Å². The van der Waals surface area contributed by atoms with Gasteiger partial charge in [0.05, 0.1) is 17.8 Å². The van der Waals surface area contributed by atoms with Gasteiger partial charge in [0, 0.05) is 44.1 Å². The minimum absolute atomic E-state index is 0. The molecule has 2 aromatic heterocycles. The molecule has 2 N–H and O–H groups in total. The molecule has 0 bridgehead atoms. The molecule has 5 rings (SSSR count). The van der Waals surface area contributed by atoms with Crippen molar-refractivity contribution in [3.63, 3.8) is 0 Å². The first kappa shape index (κ1) is 22.5. The summed E-state index contributed by atoms with van der Waals surface area (Å²) in [6.07, 6.45) is 4.47. The lowest BCUT2D eigenvalue weighted by Gasteiger charge is -2.38. The molecule has 160 valence electrons. The van der Waals surface area contributed by atoms with E-state index in [9.17, 15) is 9.59 Å². The van der Waals surface area contributed by atoms with Crippen LogP contribution in [0.2, 0.25) is 0 Å². The predicted octanol–water partition coefficient (Wildman–Crippen LogP) is 1.57. The number of H-pyrrole nitrogens is 1. The maximum absolute atomic E-state index is 12.7. The van der Waals surface area contributed by atoms with E-state index >= 15 is 0 Å². The van der Waals surface area contributed by atoms with Gasteiger partial charge in [-0.15, -0.1) is 36.2 Å². The van der Waals surface area contributed by atoms with Gasteiger partial charge < -0.3 is 15.2 Å². The number of halogens is 2. The fourth-order valence-electron chi connectivity index (χ4n) is 4.34. The zero-order valence-electron chi connectivity index (χ0n) is 16.2. The first-order valence-corrected chi connectivity index (χ1v) is 10.8. The van der Waals surface area contributed by atoms with Crippen LogP contribution in [0, 0.1) is 5.92 Å². The highest BCUT2D eigenvalue weighted by atomic mass is 35.5. The topological polar surface area (TPSA) is 81.3 Å². The van der Waals surface area contributed by atoms with Gasteiger partial charge >= 0.3 is 0 Å². The number of aromatic nitrogens is 2. The van der Waals surface area contributed by atoms with Gasteiger partial charge in [0.15, 0.2) is 0 Å². The molecule has 3 aliphatic rings. The smallest absolute Gasteiger partial charge is 0.259 e. The number of fused-ring (bicyclic) bond motifs is 3. The SMILES string of the molecule is Cl.Cl.O=C(C1CNC1)N1CCN(Cc2nc3sc4c(c3c(=O)[nH]2)CCCC4)CC1. The standard InChI is InChI=1S/C19H25N5O2S.2ClH/c25-17-16-13-3-1-2-4-14(13)27-18(16)22-15(21-17)11-23-5-7-24(8-6-23)19(26)12-9-20-10-12;;/h12,20H,1-11H2,(H,21,22,25);2*1H. The fraction of sp³-hybridized carbons (Fsp3) is 0.632. The molecule has 2 aromatic rings. The maximum atomic E-state index is 12.7. The van der Waals surface area contributed by atoms with Gasteiger partial charge in [-0.1, -0.05) is 0 Å². The summed E-state index contributed by atoms with van der Waals surface area (Å²) in [4.78, 5) is 39.3. The molecule has 0 aromatic carbocycles. The summed E-state index contributed by atoms with van der Waals surface area (Å²) in [5, 5.41) is 3.98. The Balaban J connectivity index is 0.00000120. The monoisotopic (exact) mass is 459 g/mol. The number of thiophene rings is 1. The second-order valence-corrected chi connectivity index (χ2v) is 8.94. The average molecular weight is 460 g/mol. The van der Waals surface area contributed by atoms with Crippen LogP contribution >= 0.6 is 36.2 Å². The Hall–Kier alpha value is -1.19. The van der Waals surface area contributed by atoms with Crippen LogP contribution in [0.4, 0.5) is 0 Å². The van der Waals surface area contributed by atoms with Gasteiger partial charge in [-0.05, 0) is 31.2 Å². The van der Waals surface area contributed by atoms with Crippen LogP contribution in [0.3, 0.4) is 0 Å². The van der Waals surface area contributed by atoms with E-state index in [1.807, 2.05) is 4.90 Å². The molecule has 0 atom stereocenters. The van der Waals surface area contributed by atoms with Crippen molar-refractivity contribution in [2.75, 3.05) is 39.3 Å². The average Bonchev–Trinajstić information content (AvgIpc) is 2.99. The van der Waals surface area contributed by atoms with Crippen LogP contribution in [0.1, 0.15) is 29.1 Å². The van der Waals surface area contributed by atoms with Crippen molar-refractivity contribution in [3.8, 4) is 0 Å². The number of carbonyl (C=O) groups is 1. The highest BCUT2D eigenvalue weighted by Crippen LogP contribution is 2.33. The Bertz CT molecular complexity index is 935. The molecule has 1 aliphatic carbocycles. The summed E-state index contributed by atoms with van der Waals surface area (Å²) in [5.41, 5.74) is 1.25. The number of aryl methyl sites for hydroxylation is 2. The first-order chi connectivity index (χ1) is 13.2. The molecule has 0 radical (unpaired) electrons. The number of rotatable bonds is 3. The summed E-state index contributed by atoms with van der Waals surface area (Å²) in [6, 6.07) is 0. The molecule has 2 aliphatic heterocycles. The Kier molecular flexibility index (Phi) is 7.22. The number of nitrogens with one attached hydrogen (secondary N) is 2. The minimum atomic E-state index is 0. The van der Waals surface area contributed by atoms with Crippen molar-refractivity contribution in [1.82, 2.24) is 25.1 Å². The first-order valence-electron chi connectivity index (χ1n) is 9.94. The van der Waals surface area contributed by atoms with Gasteiger partial charge in [0.1, 0.15) is 10.7 Å². The van der Waals surface area contributed by atoms with Gasteiger partial charge in [0.25, 0.3) is 5.56 Å². The van der Waals surface area contributed by atoms with E-state index in [0.29, 0.717) is 6.54 Å². The largest absolute Gasteiger partial charge is 0.340 e. The van der Waals surface area contributed by atoms with Crippen LogP contribution < -0.4 is 10.9 Å². The Morgan fingerprint density at radius 1 is 1.10 bits per heavy atom. The van der Waals surface area contributed by atoms with Gasteiger partial charge in [-0.25, -0.2) is 4.98 Å². The number of piperazine rings is 1. The van der Waals surface area contributed by atoms with E-state index in [-0.39, 0.29) is 42.2 Å². The number of aromatic amines is 1. The molecular weight excluding hydrogens is 433 g/mol. The summed E-state index contributed by atoms with van der Waals surface area (Å²) in [6.45, 7) is 5.44. The third kappa shape index (κ3) is 4.32. The molecule has 0 saturated carbocycles. The van der Waals surface area contributed by atoms with E-state index in [4.69, 9.17) is 4.98 Å². The van der Waals surface area contributed by atoms with Crippen molar-refractivity contribution in [3.05, 3.63) is 26.6 Å². The highest BCUT2D eigenvalue weighted by Gasteiger charge is 2.31. The van der Waals surface area contributed by atoms with Crippen LogP contribution in [0.25, 0.3) is 10.2 Å². The van der Waals surface area contributed by atoms with E-state index < -0.39 is 0 Å². The zero-order chi connectivity index (χ0) is 18.4. The van der Waals surface area contributed by atoms with Gasteiger partial charge in [-0.3, -0.25) is 14.5 Å². The lowest BCUT2D eigenvalue weighted by molar-refractivity contribution is -0.138. The van der Waals surface area contributed by atoms with Gasteiger partial charge in [-0.2, -0.15) is 0 Å². The summed E-state index contributed by atoms with van der Waals surface area (Å²) in [5.74, 6) is 1.20. The second kappa shape index (κ2) is 9.31. The molecule has 0 unspecified atom stereocenters. The van der Waals surface area contributed by atoms with E-state index in [1.165, 1.54) is 23.3 Å². The molecule has 4 heterocycles. The van der Waals surface area contributed by atoms with Crippen molar-refractivity contribution in [2.45, 2.75) is 32.2 Å². The predicted molar refractivity (Wildman–Crippen MR) is 120 cm³/mol. The molecule has 2 saturated heterocycles. The molecule has 29 heavy (non-hydrogen) atoms. The van der Waals surface area contributed by atoms with Crippen molar-refractivity contribution >= 4 is 52.3 Å². The number of nitrogens with zero attached hydrogens (tertiary/aromatic N) is 3. The Morgan fingerprint density at radius 2 is 1.83 bits per heavy atom. The lowest BCUT2D eigenvalue weighted by atomic mass is 9.97. The summed E-state index contributed by atoms with van der Waals surface area (Å²) >= 11 is 1.70. The van der Waals surface area contributed by atoms with Crippen LogP contribution in [-0.4, -0.2) is 64.9 Å².